The van der Waals surface area contributed by atoms with E-state index in [0.717, 1.165) is 0 Å². The van der Waals surface area contributed by atoms with Gasteiger partial charge in [0.25, 0.3) is 5.89 Å². The Morgan fingerprint density at radius 2 is 2.13 bits per heavy atom. The third kappa shape index (κ3) is 2.12. The minimum absolute atomic E-state index is 0.209. The van der Waals surface area contributed by atoms with Gasteiger partial charge in [0.1, 0.15) is 6.61 Å². The van der Waals surface area contributed by atoms with E-state index in [9.17, 15) is 0 Å². The van der Waals surface area contributed by atoms with Crippen LogP contribution in [0.25, 0.3) is 11.5 Å². The summed E-state index contributed by atoms with van der Waals surface area (Å²) < 4.78 is 4.91. The standard InChI is InChI=1S/C9H6Cl2N2O2/c10-5-1-2-7(11)6(3-5)9-12-8(4-14)13-15-9/h1-3,14H,4H2. The number of rotatable bonds is 2. The SMILES string of the molecule is OCc1noc(-c2cc(Cl)ccc2Cl)n1. The van der Waals surface area contributed by atoms with Gasteiger partial charge in [-0.2, -0.15) is 4.98 Å². The van der Waals surface area contributed by atoms with Crippen LogP contribution in [0.1, 0.15) is 5.82 Å². The molecule has 4 nitrogen and oxygen atoms in total. The van der Waals surface area contributed by atoms with Crippen molar-refractivity contribution in [2.24, 2.45) is 0 Å². The second-order valence-electron chi connectivity index (χ2n) is 2.80. The van der Waals surface area contributed by atoms with E-state index in [1.54, 1.807) is 18.2 Å². The van der Waals surface area contributed by atoms with Crippen molar-refractivity contribution in [2.45, 2.75) is 6.61 Å². The lowest BCUT2D eigenvalue weighted by atomic mass is 10.2. The molecule has 0 bridgehead atoms. The third-order valence-corrected chi connectivity index (χ3v) is 2.33. The summed E-state index contributed by atoms with van der Waals surface area (Å²) in [6.45, 7) is -0.276. The molecule has 78 valence electrons. The molecule has 1 heterocycles. The molecule has 15 heavy (non-hydrogen) atoms. The molecule has 2 aromatic rings. The molecular formula is C9H6Cl2N2O2. The van der Waals surface area contributed by atoms with Crippen molar-refractivity contribution >= 4 is 23.2 Å². The maximum atomic E-state index is 8.78. The van der Waals surface area contributed by atoms with Gasteiger partial charge < -0.3 is 9.63 Å². The van der Waals surface area contributed by atoms with Gasteiger partial charge in [-0.3, -0.25) is 0 Å². The molecule has 2 rings (SSSR count). The smallest absolute Gasteiger partial charge is 0.259 e. The van der Waals surface area contributed by atoms with E-state index in [1.807, 2.05) is 0 Å². The van der Waals surface area contributed by atoms with Crippen LogP contribution in [0.3, 0.4) is 0 Å². The van der Waals surface area contributed by atoms with Crippen molar-refractivity contribution in [3.05, 3.63) is 34.1 Å². The molecule has 1 aromatic carbocycles. The van der Waals surface area contributed by atoms with Crippen LogP contribution in [-0.4, -0.2) is 15.2 Å². The highest BCUT2D eigenvalue weighted by Crippen LogP contribution is 2.29. The monoisotopic (exact) mass is 244 g/mol. The molecule has 0 spiro atoms. The minimum atomic E-state index is -0.276. The average molecular weight is 245 g/mol. The average Bonchev–Trinajstić information content (AvgIpc) is 2.70. The van der Waals surface area contributed by atoms with E-state index in [-0.39, 0.29) is 18.3 Å². The Hall–Kier alpha value is -1.10. The van der Waals surface area contributed by atoms with Crippen molar-refractivity contribution in [1.29, 1.82) is 0 Å². The molecule has 1 aromatic heterocycles. The Bertz CT molecular complexity index is 485. The molecule has 0 aliphatic heterocycles. The topological polar surface area (TPSA) is 59.2 Å². The maximum Gasteiger partial charge on any atom is 0.259 e. The quantitative estimate of drug-likeness (QED) is 0.883. The lowest BCUT2D eigenvalue weighted by molar-refractivity contribution is 0.264. The fraction of sp³-hybridized carbons (Fsp3) is 0.111. The summed E-state index contributed by atoms with van der Waals surface area (Å²) >= 11 is 11.7. The highest BCUT2D eigenvalue weighted by molar-refractivity contribution is 6.35. The first-order chi connectivity index (χ1) is 7.20. The molecule has 0 fully saturated rings. The summed E-state index contributed by atoms with van der Waals surface area (Å²) in [5.41, 5.74) is 0.552. The number of nitrogens with zero attached hydrogens (tertiary/aromatic N) is 2. The van der Waals surface area contributed by atoms with E-state index in [2.05, 4.69) is 10.1 Å². The molecule has 0 aliphatic carbocycles. The molecule has 1 N–H and O–H groups in total. The Kier molecular flexibility index (Phi) is 2.90. The van der Waals surface area contributed by atoms with Gasteiger partial charge in [-0.25, -0.2) is 0 Å². The summed E-state index contributed by atoms with van der Waals surface area (Å²) in [7, 11) is 0. The van der Waals surface area contributed by atoms with E-state index >= 15 is 0 Å². The van der Waals surface area contributed by atoms with Crippen LogP contribution < -0.4 is 0 Å². The normalized spacial score (nSPS) is 10.6. The molecule has 0 atom stereocenters. The Balaban J connectivity index is 2.48. The van der Waals surface area contributed by atoms with E-state index in [1.165, 1.54) is 0 Å². The first-order valence-corrected chi connectivity index (χ1v) is 4.85. The fourth-order valence-electron chi connectivity index (χ4n) is 1.09. The van der Waals surface area contributed by atoms with Crippen molar-refractivity contribution in [1.82, 2.24) is 10.1 Å². The van der Waals surface area contributed by atoms with Gasteiger partial charge in [-0.05, 0) is 18.2 Å². The number of aliphatic hydroxyl groups is 1. The zero-order valence-corrected chi connectivity index (χ0v) is 8.96. The van der Waals surface area contributed by atoms with Crippen LogP contribution in [0, 0.1) is 0 Å². The van der Waals surface area contributed by atoms with Crippen LogP contribution in [0.15, 0.2) is 22.7 Å². The minimum Gasteiger partial charge on any atom is -0.388 e. The van der Waals surface area contributed by atoms with Gasteiger partial charge >= 0.3 is 0 Å². The Morgan fingerprint density at radius 1 is 1.33 bits per heavy atom. The summed E-state index contributed by atoms with van der Waals surface area (Å²) in [5, 5.41) is 13.3. The molecule has 0 saturated heterocycles. The largest absolute Gasteiger partial charge is 0.388 e. The Morgan fingerprint density at radius 3 is 2.80 bits per heavy atom. The van der Waals surface area contributed by atoms with Crippen LogP contribution in [0.2, 0.25) is 10.0 Å². The van der Waals surface area contributed by atoms with Gasteiger partial charge in [-0.15, -0.1) is 0 Å². The number of halogens is 2. The van der Waals surface area contributed by atoms with Gasteiger partial charge in [-0.1, -0.05) is 28.4 Å². The van der Waals surface area contributed by atoms with E-state index < -0.39 is 0 Å². The van der Waals surface area contributed by atoms with Gasteiger partial charge in [0.2, 0.25) is 0 Å². The molecule has 0 unspecified atom stereocenters. The zero-order valence-electron chi connectivity index (χ0n) is 7.44. The van der Waals surface area contributed by atoms with Gasteiger partial charge in [0.15, 0.2) is 5.82 Å². The summed E-state index contributed by atoms with van der Waals surface area (Å²) in [6.07, 6.45) is 0. The van der Waals surface area contributed by atoms with Crippen LogP contribution in [0.4, 0.5) is 0 Å². The fourth-order valence-corrected chi connectivity index (χ4v) is 1.46. The number of benzene rings is 1. The van der Waals surface area contributed by atoms with Gasteiger partial charge in [0.05, 0.1) is 10.6 Å². The van der Waals surface area contributed by atoms with Gasteiger partial charge in [0, 0.05) is 5.02 Å². The molecule has 6 heteroatoms. The maximum absolute atomic E-state index is 8.78. The second kappa shape index (κ2) is 4.18. The molecule has 0 amide bonds. The van der Waals surface area contributed by atoms with Crippen LogP contribution >= 0.6 is 23.2 Å². The third-order valence-electron chi connectivity index (χ3n) is 1.77. The zero-order chi connectivity index (χ0) is 10.8. The predicted molar refractivity (Wildman–Crippen MR) is 55.7 cm³/mol. The first-order valence-electron chi connectivity index (χ1n) is 4.09. The summed E-state index contributed by atoms with van der Waals surface area (Å²) in [6, 6.07) is 4.93. The van der Waals surface area contributed by atoms with Crippen molar-refractivity contribution < 1.29 is 9.63 Å². The lowest BCUT2D eigenvalue weighted by Crippen LogP contribution is -1.85. The number of hydrogen-bond acceptors (Lipinski definition) is 4. The van der Waals surface area contributed by atoms with Crippen molar-refractivity contribution in [3.8, 4) is 11.5 Å². The predicted octanol–water partition coefficient (Wildman–Crippen LogP) is 2.54. The Labute approximate surface area is 95.4 Å². The lowest BCUT2D eigenvalue weighted by Gasteiger charge is -1.98. The number of aliphatic hydroxyl groups excluding tert-OH is 1. The number of aromatic nitrogens is 2. The van der Waals surface area contributed by atoms with Crippen LogP contribution in [-0.2, 0) is 6.61 Å². The highest BCUT2D eigenvalue weighted by Gasteiger charge is 2.12. The summed E-state index contributed by atoms with van der Waals surface area (Å²) in [4.78, 5) is 3.93. The van der Waals surface area contributed by atoms with Crippen molar-refractivity contribution in [3.63, 3.8) is 0 Å². The van der Waals surface area contributed by atoms with Crippen LogP contribution in [0.5, 0.6) is 0 Å². The number of hydrogen-bond donors (Lipinski definition) is 1. The van der Waals surface area contributed by atoms with Crippen molar-refractivity contribution in [2.75, 3.05) is 0 Å². The van der Waals surface area contributed by atoms with E-state index in [4.69, 9.17) is 32.8 Å². The molecule has 0 saturated carbocycles. The second-order valence-corrected chi connectivity index (χ2v) is 3.64. The highest BCUT2D eigenvalue weighted by atomic mass is 35.5. The molecule has 0 aliphatic rings. The van der Waals surface area contributed by atoms with E-state index in [0.29, 0.717) is 15.6 Å². The first kappa shape index (κ1) is 10.4. The molecular weight excluding hydrogens is 239 g/mol. The molecule has 0 radical (unpaired) electrons. The summed E-state index contributed by atoms with van der Waals surface area (Å²) in [5.74, 6) is 0.451.